The second kappa shape index (κ2) is 9.85. The Kier molecular flexibility index (Phi) is 8.15. The fraction of sp³-hybridized carbons (Fsp3) is 0.647. The predicted molar refractivity (Wildman–Crippen MR) is 95.0 cm³/mol. The first-order valence-corrected chi connectivity index (χ1v) is 8.38. The summed E-state index contributed by atoms with van der Waals surface area (Å²) in [4.78, 5) is 18.2. The molecule has 0 radical (unpaired) electrons. The van der Waals surface area contributed by atoms with Crippen LogP contribution in [-0.4, -0.2) is 48.7 Å². The van der Waals surface area contributed by atoms with Crippen LogP contribution in [0.3, 0.4) is 0 Å². The van der Waals surface area contributed by atoms with E-state index in [1.807, 2.05) is 46.8 Å². The Morgan fingerprint density at radius 2 is 2.08 bits per heavy atom. The monoisotopic (exact) mass is 338 g/mol. The molecule has 7 heteroatoms. The number of likely N-dealkylation sites (N-methyl/N-ethyl adjacent to an activating group) is 1. The van der Waals surface area contributed by atoms with Gasteiger partial charge in [-0.1, -0.05) is 0 Å². The van der Waals surface area contributed by atoms with Gasteiger partial charge in [0.1, 0.15) is 17.9 Å². The number of hydrogen-bond donors (Lipinski definition) is 2. The van der Waals surface area contributed by atoms with E-state index >= 15 is 0 Å². The van der Waals surface area contributed by atoms with E-state index in [1.165, 1.54) is 0 Å². The van der Waals surface area contributed by atoms with Crippen LogP contribution in [0.4, 0.5) is 4.79 Å². The Morgan fingerprint density at radius 1 is 1.33 bits per heavy atom. The minimum Gasteiger partial charge on any atom is -0.467 e. The largest absolute Gasteiger partial charge is 0.467 e. The molecule has 1 heterocycles. The van der Waals surface area contributed by atoms with Gasteiger partial charge < -0.3 is 24.7 Å². The van der Waals surface area contributed by atoms with Gasteiger partial charge in [0.15, 0.2) is 5.96 Å². The maximum absolute atomic E-state index is 12.1. The van der Waals surface area contributed by atoms with E-state index in [2.05, 4.69) is 15.6 Å². The molecular formula is C17H30N4O3. The molecule has 0 saturated heterocycles. The van der Waals surface area contributed by atoms with Crippen molar-refractivity contribution < 1.29 is 13.9 Å². The molecule has 1 aromatic rings. The smallest absolute Gasteiger partial charge is 0.410 e. The van der Waals surface area contributed by atoms with Crippen LogP contribution in [0.1, 0.15) is 40.4 Å². The van der Waals surface area contributed by atoms with E-state index in [-0.39, 0.29) is 6.09 Å². The summed E-state index contributed by atoms with van der Waals surface area (Å²) in [6.45, 7) is 12.5. The quantitative estimate of drug-likeness (QED) is 0.590. The van der Waals surface area contributed by atoms with Crippen molar-refractivity contribution in [2.45, 2.75) is 46.8 Å². The molecule has 1 rings (SSSR count). The minimum absolute atomic E-state index is 0.302. The van der Waals surface area contributed by atoms with Crippen molar-refractivity contribution in [3.63, 3.8) is 0 Å². The molecule has 24 heavy (non-hydrogen) atoms. The predicted octanol–water partition coefficient (Wildman–Crippen LogP) is 2.59. The molecule has 7 nitrogen and oxygen atoms in total. The molecule has 0 aliphatic carbocycles. The van der Waals surface area contributed by atoms with Gasteiger partial charge in [-0.05, 0) is 46.8 Å². The van der Waals surface area contributed by atoms with Crippen molar-refractivity contribution in [3.05, 3.63) is 24.2 Å². The van der Waals surface area contributed by atoms with Gasteiger partial charge in [0.25, 0.3) is 0 Å². The summed E-state index contributed by atoms with van der Waals surface area (Å²) in [5.41, 5.74) is -0.489. The number of amides is 1. The summed E-state index contributed by atoms with van der Waals surface area (Å²) in [6, 6.07) is 3.72. The van der Waals surface area contributed by atoms with Crippen LogP contribution in [-0.2, 0) is 11.3 Å². The van der Waals surface area contributed by atoms with Crippen LogP contribution in [0.15, 0.2) is 27.8 Å². The topological polar surface area (TPSA) is 79.1 Å². The summed E-state index contributed by atoms with van der Waals surface area (Å²) in [7, 11) is 0. The van der Waals surface area contributed by atoms with E-state index in [1.54, 1.807) is 11.2 Å². The average Bonchev–Trinajstić information content (AvgIpc) is 3.00. The van der Waals surface area contributed by atoms with Crippen LogP contribution in [0.2, 0.25) is 0 Å². The highest BCUT2D eigenvalue weighted by atomic mass is 16.6. The molecule has 0 saturated carbocycles. The lowest BCUT2D eigenvalue weighted by Gasteiger charge is -2.26. The summed E-state index contributed by atoms with van der Waals surface area (Å²) in [6.07, 6.45) is 1.33. The Labute approximate surface area is 144 Å². The third kappa shape index (κ3) is 7.89. The summed E-state index contributed by atoms with van der Waals surface area (Å²) >= 11 is 0. The SMILES string of the molecule is CCNC(=NCc1ccco1)NCCN(CC)C(=O)OC(C)(C)C. The second-order valence-corrected chi connectivity index (χ2v) is 6.26. The number of hydrogen-bond acceptors (Lipinski definition) is 4. The van der Waals surface area contributed by atoms with E-state index in [9.17, 15) is 4.79 Å². The standard InChI is InChI=1S/C17H30N4O3/c1-6-18-15(20-13-14-9-8-12-23-14)19-10-11-21(7-2)16(22)24-17(3,4)5/h8-9,12H,6-7,10-11,13H2,1-5H3,(H2,18,19,20). The van der Waals surface area contributed by atoms with Crippen LogP contribution >= 0.6 is 0 Å². The molecular weight excluding hydrogens is 308 g/mol. The molecule has 136 valence electrons. The average molecular weight is 338 g/mol. The van der Waals surface area contributed by atoms with Gasteiger partial charge in [0.05, 0.1) is 6.26 Å². The molecule has 1 amide bonds. The Balaban J connectivity index is 2.47. The number of carbonyl (C=O) groups is 1. The van der Waals surface area contributed by atoms with Crippen LogP contribution in [0.5, 0.6) is 0 Å². The third-order valence-corrected chi connectivity index (χ3v) is 3.02. The fourth-order valence-electron chi connectivity index (χ4n) is 1.92. The van der Waals surface area contributed by atoms with Gasteiger partial charge in [-0.3, -0.25) is 0 Å². The van der Waals surface area contributed by atoms with Crippen LogP contribution in [0.25, 0.3) is 0 Å². The highest BCUT2D eigenvalue weighted by Gasteiger charge is 2.20. The van der Waals surface area contributed by atoms with Crippen LogP contribution < -0.4 is 10.6 Å². The van der Waals surface area contributed by atoms with Crippen molar-refractivity contribution >= 4 is 12.1 Å². The fourth-order valence-corrected chi connectivity index (χ4v) is 1.92. The van der Waals surface area contributed by atoms with Gasteiger partial charge in [-0.2, -0.15) is 0 Å². The van der Waals surface area contributed by atoms with Crippen molar-refractivity contribution in [3.8, 4) is 0 Å². The van der Waals surface area contributed by atoms with Crippen LogP contribution in [0, 0.1) is 0 Å². The first kappa shape index (κ1) is 19.9. The lowest BCUT2D eigenvalue weighted by molar-refractivity contribution is 0.0264. The molecule has 0 bridgehead atoms. The van der Waals surface area contributed by atoms with E-state index < -0.39 is 5.60 Å². The zero-order valence-electron chi connectivity index (χ0n) is 15.4. The number of nitrogens with zero attached hydrogens (tertiary/aromatic N) is 2. The molecule has 2 N–H and O–H groups in total. The molecule has 0 unspecified atom stereocenters. The second-order valence-electron chi connectivity index (χ2n) is 6.26. The lowest BCUT2D eigenvalue weighted by atomic mass is 10.2. The minimum atomic E-state index is -0.489. The molecule has 1 aromatic heterocycles. The van der Waals surface area contributed by atoms with E-state index in [4.69, 9.17) is 9.15 Å². The Morgan fingerprint density at radius 3 is 2.62 bits per heavy atom. The summed E-state index contributed by atoms with van der Waals surface area (Å²) in [5, 5.41) is 6.38. The first-order valence-electron chi connectivity index (χ1n) is 8.38. The molecule has 0 aromatic carbocycles. The normalized spacial score (nSPS) is 12.0. The van der Waals surface area contributed by atoms with Gasteiger partial charge in [0, 0.05) is 26.2 Å². The van der Waals surface area contributed by atoms with Crippen molar-refractivity contribution in [2.24, 2.45) is 4.99 Å². The number of ether oxygens (including phenoxy) is 1. The van der Waals surface area contributed by atoms with Gasteiger partial charge >= 0.3 is 6.09 Å². The highest BCUT2D eigenvalue weighted by molar-refractivity contribution is 5.79. The maximum atomic E-state index is 12.1. The number of furan rings is 1. The first-order chi connectivity index (χ1) is 11.4. The van der Waals surface area contributed by atoms with Crippen molar-refractivity contribution in [1.29, 1.82) is 0 Å². The molecule has 0 aliphatic heterocycles. The van der Waals surface area contributed by atoms with Crippen molar-refractivity contribution in [1.82, 2.24) is 15.5 Å². The summed E-state index contributed by atoms with van der Waals surface area (Å²) in [5.74, 6) is 1.49. The number of carbonyl (C=O) groups excluding carboxylic acids is 1. The number of nitrogens with one attached hydrogen (secondary N) is 2. The maximum Gasteiger partial charge on any atom is 0.410 e. The number of aliphatic imine (C=N–C) groups is 1. The zero-order valence-corrected chi connectivity index (χ0v) is 15.4. The number of rotatable bonds is 7. The van der Waals surface area contributed by atoms with E-state index in [0.29, 0.717) is 32.1 Å². The molecule has 0 fully saturated rings. The highest BCUT2D eigenvalue weighted by Crippen LogP contribution is 2.09. The number of guanidine groups is 1. The Bertz CT molecular complexity index is 506. The molecule has 0 aliphatic rings. The van der Waals surface area contributed by atoms with Gasteiger partial charge in [-0.15, -0.1) is 0 Å². The summed E-state index contributed by atoms with van der Waals surface area (Å²) < 4.78 is 10.7. The third-order valence-electron chi connectivity index (χ3n) is 3.02. The Hall–Kier alpha value is -2.18. The van der Waals surface area contributed by atoms with Gasteiger partial charge in [-0.25, -0.2) is 9.79 Å². The molecule has 0 spiro atoms. The zero-order chi connectivity index (χ0) is 18.0. The lowest BCUT2D eigenvalue weighted by Crippen LogP contribution is -2.44. The van der Waals surface area contributed by atoms with E-state index in [0.717, 1.165) is 12.3 Å². The molecule has 0 atom stereocenters. The van der Waals surface area contributed by atoms with Gasteiger partial charge in [0.2, 0.25) is 0 Å². The van der Waals surface area contributed by atoms with Crippen molar-refractivity contribution in [2.75, 3.05) is 26.2 Å².